The van der Waals surface area contributed by atoms with Crippen LogP contribution in [0.3, 0.4) is 0 Å². The number of nitrogens with zero attached hydrogens (tertiary/aromatic N) is 3. The number of aromatic nitrogens is 3. The first-order valence-corrected chi connectivity index (χ1v) is 10.9. The van der Waals surface area contributed by atoms with E-state index in [0.717, 1.165) is 22.6 Å². The van der Waals surface area contributed by atoms with Crippen LogP contribution >= 0.6 is 11.3 Å². The van der Waals surface area contributed by atoms with Crippen molar-refractivity contribution >= 4 is 39.9 Å². The van der Waals surface area contributed by atoms with Crippen LogP contribution in [0.15, 0.2) is 60.7 Å². The average molecular weight is 460 g/mol. The second-order valence-corrected chi connectivity index (χ2v) is 8.14. The summed E-state index contributed by atoms with van der Waals surface area (Å²) in [5, 5.41) is 6.31. The standard InChI is InChI=1S/C24H21N5O3S/c1-14-21(23(31)32-3)33-24(25-14)29-22(30)17-10-7-11-18(12-17)28-20-13-19(26-15(2)27-20)16-8-5-4-6-9-16/h4-13H,1-3H3,(H,25,29,30)(H,26,27,28). The Balaban J connectivity index is 1.52. The Bertz CT molecular complexity index is 1320. The van der Waals surface area contributed by atoms with Gasteiger partial charge in [-0.05, 0) is 32.0 Å². The van der Waals surface area contributed by atoms with Crippen molar-refractivity contribution in [1.82, 2.24) is 15.0 Å². The summed E-state index contributed by atoms with van der Waals surface area (Å²) in [6, 6.07) is 18.7. The minimum atomic E-state index is -0.480. The highest BCUT2D eigenvalue weighted by molar-refractivity contribution is 7.17. The first kappa shape index (κ1) is 22.1. The van der Waals surface area contributed by atoms with Crippen LogP contribution < -0.4 is 10.6 Å². The van der Waals surface area contributed by atoms with Crippen molar-refractivity contribution in [3.05, 3.63) is 82.6 Å². The molecule has 0 saturated carbocycles. The van der Waals surface area contributed by atoms with Crippen LogP contribution in [-0.2, 0) is 4.74 Å². The summed E-state index contributed by atoms with van der Waals surface area (Å²) < 4.78 is 4.74. The highest BCUT2D eigenvalue weighted by atomic mass is 32.1. The Labute approximate surface area is 194 Å². The first-order valence-electron chi connectivity index (χ1n) is 10.1. The highest BCUT2D eigenvalue weighted by Crippen LogP contribution is 2.25. The fourth-order valence-corrected chi connectivity index (χ4v) is 4.06. The zero-order chi connectivity index (χ0) is 23.4. The number of benzene rings is 2. The molecule has 1 amide bonds. The van der Waals surface area contributed by atoms with Crippen LogP contribution in [0, 0.1) is 13.8 Å². The van der Waals surface area contributed by atoms with Crippen LogP contribution in [0.4, 0.5) is 16.6 Å². The second-order valence-electron chi connectivity index (χ2n) is 7.14. The van der Waals surface area contributed by atoms with Gasteiger partial charge in [0, 0.05) is 22.9 Å². The highest BCUT2D eigenvalue weighted by Gasteiger charge is 2.17. The molecule has 33 heavy (non-hydrogen) atoms. The number of esters is 1. The molecule has 4 rings (SSSR count). The van der Waals surface area contributed by atoms with E-state index in [-0.39, 0.29) is 5.91 Å². The van der Waals surface area contributed by atoms with E-state index in [2.05, 4.69) is 25.6 Å². The minimum Gasteiger partial charge on any atom is -0.465 e. The van der Waals surface area contributed by atoms with E-state index >= 15 is 0 Å². The molecule has 8 nitrogen and oxygen atoms in total. The zero-order valence-corrected chi connectivity index (χ0v) is 19.1. The molecule has 0 bridgehead atoms. The molecule has 9 heteroatoms. The third-order valence-electron chi connectivity index (χ3n) is 4.69. The van der Waals surface area contributed by atoms with Crippen molar-refractivity contribution in [2.75, 3.05) is 17.7 Å². The van der Waals surface area contributed by atoms with Crippen molar-refractivity contribution in [3.63, 3.8) is 0 Å². The molecule has 0 saturated heterocycles. The number of methoxy groups -OCH3 is 1. The lowest BCUT2D eigenvalue weighted by Gasteiger charge is -2.10. The SMILES string of the molecule is COC(=O)c1sc(NC(=O)c2cccc(Nc3cc(-c4ccccc4)nc(C)n3)c2)nc1C. The number of carbonyl (C=O) groups excluding carboxylic acids is 2. The Hall–Kier alpha value is -4.11. The van der Waals surface area contributed by atoms with Gasteiger partial charge in [-0.2, -0.15) is 0 Å². The van der Waals surface area contributed by atoms with Gasteiger partial charge >= 0.3 is 5.97 Å². The van der Waals surface area contributed by atoms with Gasteiger partial charge < -0.3 is 10.1 Å². The second kappa shape index (κ2) is 9.58. The normalized spacial score (nSPS) is 10.5. The maximum atomic E-state index is 12.8. The van der Waals surface area contributed by atoms with Gasteiger partial charge in [-0.15, -0.1) is 0 Å². The first-order chi connectivity index (χ1) is 15.9. The van der Waals surface area contributed by atoms with Gasteiger partial charge in [-0.3, -0.25) is 10.1 Å². The lowest BCUT2D eigenvalue weighted by Crippen LogP contribution is -2.12. The molecule has 2 aromatic carbocycles. The topological polar surface area (TPSA) is 106 Å². The van der Waals surface area contributed by atoms with Crippen LogP contribution in [-0.4, -0.2) is 33.9 Å². The molecule has 166 valence electrons. The maximum Gasteiger partial charge on any atom is 0.350 e. The Morgan fingerprint density at radius 3 is 2.48 bits per heavy atom. The predicted molar refractivity (Wildman–Crippen MR) is 128 cm³/mol. The lowest BCUT2D eigenvalue weighted by atomic mass is 10.1. The van der Waals surface area contributed by atoms with Gasteiger partial charge in [0.15, 0.2) is 5.13 Å². The average Bonchev–Trinajstić information content (AvgIpc) is 3.18. The Morgan fingerprint density at radius 2 is 1.73 bits per heavy atom. The monoisotopic (exact) mass is 459 g/mol. The summed E-state index contributed by atoms with van der Waals surface area (Å²) >= 11 is 1.07. The van der Waals surface area contributed by atoms with Gasteiger partial charge in [0.05, 0.1) is 18.5 Å². The number of anilines is 3. The van der Waals surface area contributed by atoms with Gasteiger partial charge in [0.1, 0.15) is 16.5 Å². The molecule has 0 fully saturated rings. The summed E-state index contributed by atoms with van der Waals surface area (Å²) in [6.07, 6.45) is 0. The number of thiazole rings is 1. The number of hydrogen-bond acceptors (Lipinski definition) is 8. The van der Waals surface area contributed by atoms with Crippen molar-refractivity contribution in [2.24, 2.45) is 0 Å². The molecular formula is C24H21N5O3S. The minimum absolute atomic E-state index is 0.329. The van der Waals surface area contributed by atoms with Crippen molar-refractivity contribution in [1.29, 1.82) is 0 Å². The smallest absolute Gasteiger partial charge is 0.350 e. The summed E-state index contributed by atoms with van der Waals surface area (Å²) in [4.78, 5) is 38.1. The molecule has 4 aromatic rings. The fraction of sp³-hybridized carbons (Fsp3) is 0.125. The van der Waals surface area contributed by atoms with Gasteiger partial charge in [-0.25, -0.2) is 19.7 Å². The summed E-state index contributed by atoms with van der Waals surface area (Å²) in [7, 11) is 1.31. The molecule has 0 aliphatic heterocycles. The van der Waals surface area contributed by atoms with Crippen molar-refractivity contribution < 1.29 is 14.3 Å². The molecule has 0 aliphatic rings. The molecule has 0 spiro atoms. The number of nitrogens with one attached hydrogen (secondary N) is 2. The largest absolute Gasteiger partial charge is 0.465 e. The quantitative estimate of drug-likeness (QED) is 0.391. The third-order valence-corrected chi connectivity index (χ3v) is 5.75. The Morgan fingerprint density at radius 1 is 0.939 bits per heavy atom. The van der Waals surface area contributed by atoms with E-state index < -0.39 is 5.97 Å². The number of amides is 1. The van der Waals surface area contributed by atoms with E-state index in [1.807, 2.05) is 49.4 Å². The number of rotatable bonds is 6. The van der Waals surface area contributed by atoms with Crippen molar-refractivity contribution in [2.45, 2.75) is 13.8 Å². The molecule has 0 atom stereocenters. The number of ether oxygens (including phenoxy) is 1. The van der Waals surface area contributed by atoms with E-state index in [4.69, 9.17) is 4.74 Å². The molecule has 2 aromatic heterocycles. The van der Waals surface area contributed by atoms with Crippen molar-refractivity contribution in [3.8, 4) is 11.3 Å². The van der Waals surface area contributed by atoms with Crippen LogP contribution in [0.1, 0.15) is 31.5 Å². The summed E-state index contributed by atoms with van der Waals surface area (Å²) in [5.74, 6) is 0.435. The molecule has 0 radical (unpaired) electrons. The molecule has 0 unspecified atom stereocenters. The lowest BCUT2D eigenvalue weighted by molar-refractivity contribution is 0.0605. The summed E-state index contributed by atoms with van der Waals surface area (Å²) in [5.41, 5.74) is 3.43. The zero-order valence-electron chi connectivity index (χ0n) is 18.2. The predicted octanol–water partition coefficient (Wildman–Crippen LogP) is 5.00. The third kappa shape index (κ3) is 5.21. The molecule has 2 heterocycles. The van der Waals surface area contributed by atoms with E-state index in [0.29, 0.717) is 38.6 Å². The molecule has 2 N–H and O–H groups in total. The van der Waals surface area contributed by atoms with Gasteiger partial charge in [0.2, 0.25) is 0 Å². The van der Waals surface area contributed by atoms with Gasteiger partial charge in [0.25, 0.3) is 5.91 Å². The molecule has 0 aliphatic carbocycles. The Kier molecular flexibility index (Phi) is 6.41. The van der Waals surface area contributed by atoms with Crippen LogP contribution in [0.5, 0.6) is 0 Å². The van der Waals surface area contributed by atoms with Crippen LogP contribution in [0.2, 0.25) is 0 Å². The van der Waals surface area contributed by atoms with E-state index in [1.54, 1.807) is 25.1 Å². The number of aryl methyl sites for hydroxylation is 2. The number of hydrogen-bond donors (Lipinski definition) is 2. The van der Waals surface area contributed by atoms with E-state index in [9.17, 15) is 9.59 Å². The molecular weight excluding hydrogens is 438 g/mol. The number of carbonyl (C=O) groups is 2. The van der Waals surface area contributed by atoms with E-state index in [1.165, 1.54) is 7.11 Å². The van der Waals surface area contributed by atoms with Gasteiger partial charge in [-0.1, -0.05) is 47.7 Å². The summed E-state index contributed by atoms with van der Waals surface area (Å²) in [6.45, 7) is 3.52. The van der Waals surface area contributed by atoms with Crippen LogP contribution in [0.25, 0.3) is 11.3 Å². The fourth-order valence-electron chi connectivity index (χ4n) is 3.18. The maximum absolute atomic E-state index is 12.8.